The van der Waals surface area contributed by atoms with Crippen molar-refractivity contribution < 1.29 is 14.7 Å². The highest BCUT2D eigenvalue weighted by Gasteiger charge is 2.30. The van der Waals surface area contributed by atoms with Crippen LogP contribution in [0.2, 0.25) is 0 Å². The van der Waals surface area contributed by atoms with E-state index < -0.39 is 5.97 Å². The van der Waals surface area contributed by atoms with Crippen molar-refractivity contribution in [1.82, 2.24) is 20.1 Å². The number of hydrogen-bond donors (Lipinski definition) is 2. The minimum atomic E-state index is -0.860. The van der Waals surface area contributed by atoms with Gasteiger partial charge < -0.3 is 10.4 Å². The van der Waals surface area contributed by atoms with Crippen molar-refractivity contribution in [3.05, 3.63) is 23.0 Å². The van der Waals surface area contributed by atoms with Crippen LogP contribution in [0, 0.1) is 6.92 Å². The van der Waals surface area contributed by atoms with E-state index in [0.717, 1.165) is 35.3 Å². The monoisotopic (exact) mass is 372 g/mol. The SMILES string of the molecule is Cc1nn(C(C)(C)C)c2nc(C3CC3)cc(C(=O)NC(C)CCC(=O)O)c12. The molecule has 27 heavy (non-hydrogen) atoms. The first-order valence-corrected chi connectivity index (χ1v) is 9.51. The van der Waals surface area contributed by atoms with Crippen molar-refractivity contribution in [2.24, 2.45) is 0 Å². The first-order chi connectivity index (χ1) is 12.6. The Balaban J connectivity index is 2.02. The van der Waals surface area contributed by atoms with E-state index in [1.165, 1.54) is 0 Å². The van der Waals surface area contributed by atoms with E-state index in [2.05, 4.69) is 31.2 Å². The molecule has 7 nitrogen and oxygen atoms in total. The Morgan fingerprint density at radius 3 is 2.59 bits per heavy atom. The molecule has 146 valence electrons. The number of carboxylic acids is 1. The summed E-state index contributed by atoms with van der Waals surface area (Å²) in [6.45, 7) is 9.92. The van der Waals surface area contributed by atoms with Crippen LogP contribution >= 0.6 is 0 Å². The summed E-state index contributed by atoms with van der Waals surface area (Å²) in [6.07, 6.45) is 2.61. The number of pyridine rings is 1. The molecule has 3 rings (SSSR count). The van der Waals surface area contributed by atoms with Gasteiger partial charge in [-0.05, 0) is 59.9 Å². The first kappa shape index (κ1) is 19.3. The van der Waals surface area contributed by atoms with Crippen molar-refractivity contribution in [3.63, 3.8) is 0 Å². The van der Waals surface area contributed by atoms with Crippen LogP contribution in [-0.2, 0) is 10.3 Å². The number of aromatic nitrogens is 3. The zero-order valence-corrected chi connectivity index (χ0v) is 16.7. The quantitative estimate of drug-likeness (QED) is 0.810. The molecule has 0 radical (unpaired) electrons. The van der Waals surface area contributed by atoms with E-state index in [-0.39, 0.29) is 23.9 Å². The highest BCUT2D eigenvalue weighted by atomic mass is 16.4. The van der Waals surface area contributed by atoms with Gasteiger partial charge >= 0.3 is 5.97 Å². The van der Waals surface area contributed by atoms with E-state index in [1.54, 1.807) is 0 Å². The molecule has 1 aliphatic rings. The largest absolute Gasteiger partial charge is 0.481 e. The number of rotatable bonds is 6. The lowest BCUT2D eigenvalue weighted by molar-refractivity contribution is -0.137. The molecule has 2 N–H and O–H groups in total. The van der Waals surface area contributed by atoms with Gasteiger partial charge in [-0.3, -0.25) is 9.59 Å². The summed E-state index contributed by atoms with van der Waals surface area (Å²) in [4.78, 5) is 28.6. The summed E-state index contributed by atoms with van der Waals surface area (Å²) in [5, 5.41) is 17.2. The Morgan fingerprint density at radius 2 is 2.04 bits per heavy atom. The molecule has 0 spiro atoms. The Morgan fingerprint density at radius 1 is 1.37 bits per heavy atom. The first-order valence-electron chi connectivity index (χ1n) is 9.51. The van der Waals surface area contributed by atoms with Gasteiger partial charge in [0.15, 0.2) is 5.65 Å². The maximum absolute atomic E-state index is 13.0. The summed E-state index contributed by atoms with van der Waals surface area (Å²) in [5.41, 5.74) is 2.80. The molecule has 2 heterocycles. The van der Waals surface area contributed by atoms with E-state index in [1.807, 2.05) is 24.6 Å². The minimum absolute atomic E-state index is 0.0293. The third kappa shape index (κ3) is 4.12. The van der Waals surface area contributed by atoms with Crippen LogP contribution in [0.15, 0.2) is 6.07 Å². The fourth-order valence-electron chi connectivity index (χ4n) is 3.26. The third-order valence-corrected chi connectivity index (χ3v) is 4.88. The van der Waals surface area contributed by atoms with Crippen LogP contribution in [0.5, 0.6) is 0 Å². The van der Waals surface area contributed by atoms with Gasteiger partial charge in [-0.2, -0.15) is 5.10 Å². The summed E-state index contributed by atoms with van der Waals surface area (Å²) in [6, 6.07) is 1.67. The van der Waals surface area contributed by atoms with Crippen LogP contribution in [-0.4, -0.2) is 37.8 Å². The second kappa shape index (κ2) is 6.94. The van der Waals surface area contributed by atoms with Gasteiger partial charge in [-0.25, -0.2) is 9.67 Å². The summed E-state index contributed by atoms with van der Waals surface area (Å²) in [7, 11) is 0. The standard InChI is InChI=1S/C20H28N4O3/c1-11(6-9-16(25)26)21-19(27)14-10-15(13-7-8-13)22-18-17(14)12(2)23-24(18)20(3,4)5/h10-11,13H,6-9H2,1-5H3,(H,21,27)(H,25,26). The summed E-state index contributed by atoms with van der Waals surface area (Å²) >= 11 is 0. The number of nitrogens with zero attached hydrogens (tertiary/aromatic N) is 3. The number of nitrogens with one attached hydrogen (secondary N) is 1. The smallest absolute Gasteiger partial charge is 0.303 e. The molecule has 2 aromatic rings. The lowest BCUT2D eigenvalue weighted by atomic mass is 10.1. The number of aryl methyl sites for hydroxylation is 1. The number of amides is 1. The van der Waals surface area contributed by atoms with Gasteiger partial charge in [-0.1, -0.05) is 0 Å². The molecule has 2 aromatic heterocycles. The number of fused-ring (bicyclic) bond motifs is 1. The maximum Gasteiger partial charge on any atom is 0.303 e. The number of hydrogen-bond acceptors (Lipinski definition) is 4. The zero-order valence-electron chi connectivity index (χ0n) is 16.7. The predicted molar refractivity (Wildman–Crippen MR) is 103 cm³/mol. The highest BCUT2D eigenvalue weighted by Crippen LogP contribution is 2.41. The van der Waals surface area contributed by atoms with Crippen molar-refractivity contribution >= 4 is 22.9 Å². The number of aliphatic carboxylic acids is 1. The van der Waals surface area contributed by atoms with Gasteiger partial charge in [0.05, 0.1) is 22.2 Å². The fourth-order valence-corrected chi connectivity index (χ4v) is 3.26. The molecule has 1 unspecified atom stereocenters. The molecular formula is C20H28N4O3. The van der Waals surface area contributed by atoms with Crippen molar-refractivity contribution in [3.8, 4) is 0 Å². The summed E-state index contributed by atoms with van der Waals surface area (Å²) < 4.78 is 1.90. The molecule has 7 heteroatoms. The average Bonchev–Trinajstić information content (AvgIpc) is 3.35. The molecule has 1 saturated carbocycles. The van der Waals surface area contributed by atoms with Crippen molar-refractivity contribution in [2.75, 3.05) is 0 Å². The van der Waals surface area contributed by atoms with Gasteiger partial charge in [0.25, 0.3) is 5.91 Å². The van der Waals surface area contributed by atoms with Crippen molar-refractivity contribution in [2.45, 2.75) is 77.8 Å². The molecule has 0 bridgehead atoms. The van der Waals surface area contributed by atoms with Crippen LogP contribution in [0.3, 0.4) is 0 Å². The van der Waals surface area contributed by atoms with E-state index >= 15 is 0 Å². The second-order valence-corrected chi connectivity index (χ2v) is 8.54. The van der Waals surface area contributed by atoms with Gasteiger partial charge in [-0.15, -0.1) is 0 Å². The van der Waals surface area contributed by atoms with Gasteiger partial charge in [0.1, 0.15) is 0 Å². The fraction of sp³-hybridized carbons (Fsp3) is 0.600. The third-order valence-electron chi connectivity index (χ3n) is 4.88. The molecule has 1 amide bonds. The average molecular weight is 372 g/mol. The topological polar surface area (TPSA) is 97.1 Å². The Labute approximate surface area is 159 Å². The van der Waals surface area contributed by atoms with Crippen LogP contribution in [0.4, 0.5) is 0 Å². The highest BCUT2D eigenvalue weighted by molar-refractivity contribution is 6.06. The molecule has 0 saturated heterocycles. The van der Waals surface area contributed by atoms with Gasteiger partial charge in [0.2, 0.25) is 0 Å². The minimum Gasteiger partial charge on any atom is -0.481 e. The predicted octanol–water partition coefficient (Wildman–Crippen LogP) is 3.36. The van der Waals surface area contributed by atoms with Crippen molar-refractivity contribution in [1.29, 1.82) is 0 Å². The van der Waals surface area contributed by atoms with Gasteiger partial charge in [0, 0.05) is 24.1 Å². The molecule has 0 aromatic carbocycles. The number of carbonyl (C=O) groups is 2. The maximum atomic E-state index is 13.0. The number of carbonyl (C=O) groups excluding carboxylic acids is 1. The lowest BCUT2D eigenvalue weighted by Crippen LogP contribution is -2.33. The Kier molecular flexibility index (Phi) is 4.97. The van der Waals surface area contributed by atoms with Crippen LogP contribution < -0.4 is 5.32 Å². The molecule has 1 fully saturated rings. The zero-order chi connectivity index (χ0) is 19.9. The second-order valence-electron chi connectivity index (χ2n) is 8.54. The number of carboxylic acid groups (broad SMARTS) is 1. The summed E-state index contributed by atoms with van der Waals surface area (Å²) in [5.74, 6) is -0.645. The normalized spacial score (nSPS) is 15.7. The van der Waals surface area contributed by atoms with E-state index in [4.69, 9.17) is 10.1 Å². The van der Waals surface area contributed by atoms with Crippen LogP contribution in [0.1, 0.15) is 81.0 Å². The molecule has 1 aliphatic carbocycles. The lowest BCUT2D eigenvalue weighted by Gasteiger charge is -2.20. The molecular weight excluding hydrogens is 344 g/mol. The Bertz CT molecular complexity index is 891. The van der Waals surface area contributed by atoms with E-state index in [0.29, 0.717) is 17.9 Å². The van der Waals surface area contributed by atoms with Crippen LogP contribution in [0.25, 0.3) is 11.0 Å². The van der Waals surface area contributed by atoms with E-state index in [9.17, 15) is 9.59 Å². The molecule has 0 aliphatic heterocycles. The Hall–Kier alpha value is -2.44. The molecule has 1 atom stereocenters.